The molecule has 2 fully saturated rings. The minimum atomic E-state index is -0.0752. The molecule has 0 bridgehead atoms. The van der Waals surface area contributed by atoms with Gasteiger partial charge in [-0.25, -0.2) is 0 Å². The van der Waals surface area contributed by atoms with Gasteiger partial charge in [-0.15, -0.1) is 0 Å². The molecule has 4 atom stereocenters. The monoisotopic (exact) mass is 215 g/mol. The Hall–Kier alpha value is -0.160. The van der Waals surface area contributed by atoms with Crippen molar-refractivity contribution in [3.05, 3.63) is 0 Å². The van der Waals surface area contributed by atoms with Crippen molar-refractivity contribution in [2.24, 2.45) is 11.7 Å². The Kier molecular flexibility index (Phi) is 3.03. The van der Waals surface area contributed by atoms with E-state index in [1.807, 2.05) is 0 Å². The zero-order valence-corrected chi connectivity index (χ0v) is 9.48. The number of nitrogens with two attached hydrogens (primary N) is 1. The molecule has 0 aromatic rings. The maximum absolute atomic E-state index is 8.75. The largest absolute Gasteiger partial charge is 0.394 e. The first kappa shape index (κ1) is 11.3. The van der Waals surface area contributed by atoms with Gasteiger partial charge in [-0.1, -0.05) is 0 Å². The fourth-order valence-corrected chi connectivity index (χ4v) is 2.91. The summed E-state index contributed by atoms with van der Waals surface area (Å²) in [6.07, 6.45) is 2.16. The van der Waals surface area contributed by atoms with Gasteiger partial charge in [0.25, 0.3) is 0 Å². The molecule has 88 valence electrons. The average Bonchev–Trinajstić information content (AvgIpc) is 2.60. The number of ether oxygens (including phenoxy) is 2. The van der Waals surface area contributed by atoms with Crippen molar-refractivity contribution in [3.8, 4) is 0 Å². The predicted octanol–water partition coefficient (Wildman–Crippen LogP) is 0.279. The highest BCUT2D eigenvalue weighted by Gasteiger charge is 2.51. The van der Waals surface area contributed by atoms with Gasteiger partial charge < -0.3 is 20.3 Å². The Bertz CT molecular complexity index is 232. The van der Waals surface area contributed by atoms with Gasteiger partial charge in [0, 0.05) is 12.0 Å². The normalized spacial score (nSPS) is 43.2. The van der Waals surface area contributed by atoms with Crippen LogP contribution in [0.4, 0.5) is 0 Å². The lowest BCUT2D eigenvalue weighted by atomic mass is 9.94. The molecular weight excluding hydrogens is 194 g/mol. The van der Waals surface area contributed by atoms with Gasteiger partial charge in [0.15, 0.2) is 0 Å². The van der Waals surface area contributed by atoms with Crippen LogP contribution in [-0.4, -0.2) is 42.2 Å². The molecule has 0 aromatic carbocycles. The van der Waals surface area contributed by atoms with Crippen molar-refractivity contribution in [1.82, 2.24) is 0 Å². The molecule has 15 heavy (non-hydrogen) atoms. The number of fused-ring (bicyclic) bond motifs is 1. The van der Waals surface area contributed by atoms with Gasteiger partial charge in [0.2, 0.25) is 0 Å². The summed E-state index contributed by atoms with van der Waals surface area (Å²) in [5.41, 5.74) is 5.96. The summed E-state index contributed by atoms with van der Waals surface area (Å²) in [4.78, 5) is 0. The lowest BCUT2D eigenvalue weighted by Crippen LogP contribution is -2.33. The standard InChI is InChI=1S/C11H21NO3/c1-11(2)6-7-9(14-4-3-13)5-8(12)10(7)15-11/h7-10,13H,3-6,12H2,1-2H3/t7-,8-,9+,10-/m1/s1. The second kappa shape index (κ2) is 4.01. The smallest absolute Gasteiger partial charge is 0.0788 e. The quantitative estimate of drug-likeness (QED) is 0.709. The number of rotatable bonds is 3. The molecule has 4 heteroatoms. The number of aliphatic hydroxyl groups is 1. The molecule has 2 aliphatic rings. The molecule has 1 aliphatic carbocycles. The van der Waals surface area contributed by atoms with Crippen LogP contribution < -0.4 is 5.73 Å². The number of hydrogen-bond acceptors (Lipinski definition) is 4. The Morgan fingerprint density at radius 1 is 1.53 bits per heavy atom. The van der Waals surface area contributed by atoms with E-state index in [4.69, 9.17) is 20.3 Å². The van der Waals surface area contributed by atoms with Crippen LogP contribution in [0.1, 0.15) is 26.7 Å². The molecule has 0 amide bonds. The lowest BCUT2D eigenvalue weighted by molar-refractivity contribution is -0.0255. The number of hydrogen-bond donors (Lipinski definition) is 2. The van der Waals surface area contributed by atoms with Crippen LogP contribution in [0.25, 0.3) is 0 Å². The van der Waals surface area contributed by atoms with Crippen LogP contribution in [0.2, 0.25) is 0 Å². The van der Waals surface area contributed by atoms with E-state index in [0.29, 0.717) is 12.5 Å². The van der Waals surface area contributed by atoms with E-state index in [2.05, 4.69) is 13.8 Å². The zero-order chi connectivity index (χ0) is 11.1. The fraction of sp³-hybridized carbons (Fsp3) is 1.00. The molecule has 2 rings (SSSR count). The van der Waals surface area contributed by atoms with Crippen molar-refractivity contribution in [3.63, 3.8) is 0 Å². The number of aliphatic hydroxyl groups excluding tert-OH is 1. The summed E-state index contributed by atoms with van der Waals surface area (Å²) < 4.78 is 11.5. The van der Waals surface area contributed by atoms with Crippen molar-refractivity contribution in [2.75, 3.05) is 13.2 Å². The Labute approximate surface area is 90.7 Å². The van der Waals surface area contributed by atoms with E-state index in [-0.39, 0.29) is 30.5 Å². The minimum Gasteiger partial charge on any atom is -0.394 e. The molecule has 4 nitrogen and oxygen atoms in total. The third-order valence-corrected chi connectivity index (χ3v) is 3.43. The third kappa shape index (κ3) is 2.18. The molecule has 1 heterocycles. The zero-order valence-electron chi connectivity index (χ0n) is 9.48. The first-order valence-electron chi connectivity index (χ1n) is 5.69. The van der Waals surface area contributed by atoms with Crippen LogP contribution in [0, 0.1) is 5.92 Å². The lowest BCUT2D eigenvalue weighted by Gasteiger charge is -2.22. The minimum absolute atomic E-state index is 0.0752. The highest BCUT2D eigenvalue weighted by molar-refractivity contribution is 5.03. The first-order valence-corrected chi connectivity index (χ1v) is 5.69. The van der Waals surface area contributed by atoms with Crippen LogP contribution in [0.15, 0.2) is 0 Å². The molecule has 1 aliphatic heterocycles. The Morgan fingerprint density at radius 3 is 2.93 bits per heavy atom. The van der Waals surface area contributed by atoms with E-state index >= 15 is 0 Å². The SMILES string of the molecule is CC1(C)C[C@H]2[C@@H](O1)[C@H](N)C[C@@H]2OCCO. The predicted molar refractivity (Wildman–Crippen MR) is 56.5 cm³/mol. The fourth-order valence-electron chi connectivity index (χ4n) is 2.91. The van der Waals surface area contributed by atoms with Crippen LogP contribution in [0.5, 0.6) is 0 Å². The van der Waals surface area contributed by atoms with Crippen molar-refractivity contribution >= 4 is 0 Å². The first-order chi connectivity index (χ1) is 7.03. The van der Waals surface area contributed by atoms with Crippen LogP contribution >= 0.6 is 0 Å². The maximum atomic E-state index is 8.75. The van der Waals surface area contributed by atoms with Crippen molar-refractivity contribution in [1.29, 1.82) is 0 Å². The van der Waals surface area contributed by atoms with Gasteiger partial charge in [-0.3, -0.25) is 0 Å². The van der Waals surface area contributed by atoms with Gasteiger partial charge in [-0.2, -0.15) is 0 Å². The highest BCUT2D eigenvalue weighted by Crippen LogP contribution is 2.44. The molecule has 0 radical (unpaired) electrons. The van der Waals surface area contributed by atoms with Gasteiger partial charge in [0.1, 0.15) is 0 Å². The summed E-state index contributed by atoms with van der Waals surface area (Å²) in [6, 6.07) is 0.0838. The molecule has 1 saturated heterocycles. The summed E-state index contributed by atoms with van der Waals surface area (Å²) >= 11 is 0. The second-order valence-corrected chi connectivity index (χ2v) is 5.24. The van der Waals surface area contributed by atoms with E-state index in [1.54, 1.807) is 0 Å². The van der Waals surface area contributed by atoms with Crippen molar-refractivity contribution < 1.29 is 14.6 Å². The second-order valence-electron chi connectivity index (χ2n) is 5.24. The van der Waals surface area contributed by atoms with Crippen LogP contribution in [-0.2, 0) is 9.47 Å². The molecule has 1 saturated carbocycles. The average molecular weight is 215 g/mol. The third-order valence-electron chi connectivity index (χ3n) is 3.43. The summed E-state index contributed by atoms with van der Waals surface area (Å²) in [5, 5.41) is 8.75. The van der Waals surface area contributed by atoms with Gasteiger partial charge >= 0.3 is 0 Å². The van der Waals surface area contributed by atoms with Gasteiger partial charge in [-0.05, 0) is 26.7 Å². The Balaban J connectivity index is 1.99. The van der Waals surface area contributed by atoms with E-state index in [0.717, 1.165) is 12.8 Å². The molecule has 0 spiro atoms. The summed E-state index contributed by atoms with van der Waals surface area (Å²) in [7, 11) is 0. The highest BCUT2D eigenvalue weighted by atomic mass is 16.5. The van der Waals surface area contributed by atoms with Crippen LogP contribution in [0.3, 0.4) is 0 Å². The summed E-state index contributed by atoms with van der Waals surface area (Å²) in [5.74, 6) is 0.404. The van der Waals surface area contributed by atoms with E-state index in [1.165, 1.54) is 0 Å². The van der Waals surface area contributed by atoms with E-state index in [9.17, 15) is 0 Å². The summed E-state index contributed by atoms with van der Waals surface area (Å²) in [6.45, 7) is 4.68. The van der Waals surface area contributed by atoms with Crippen molar-refractivity contribution in [2.45, 2.75) is 50.5 Å². The van der Waals surface area contributed by atoms with Gasteiger partial charge in [0.05, 0.1) is 31.0 Å². The molecule has 0 aromatic heterocycles. The maximum Gasteiger partial charge on any atom is 0.0788 e. The van der Waals surface area contributed by atoms with E-state index < -0.39 is 0 Å². The topological polar surface area (TPSA) is 64.7 Å². The molecular formula is C11H21NO3. The Morgan fingerprint density at radius 2 is 2.27 bits per heavy atom. The molecule has 3 N–H and O–H groups in total. The molecule has 0 unspecified atom stereocenters.